The van der Waals surface area contributed by atoms with Crippen LogP contribution in [0.15, 0.2) is 35.2 Å². The van der Waals surface area contributed by atoms with Gasteiger partial charge in [-0.3, -0.25) is 0 Å². The summed E-state index contributed by atoms with van der Waals surface area (Å²) in [4.78, 5) is 4.47. The molecule has 1 fully saturated rings. The van der Waals surface area contributed by atoms with Gasteiger partial charge < -0.3 is 19.0 Å². The van der Waals surface area contributed by atoms with Crippen molar-refractivity contribution < 1.29 is 9.15 Å². The van der Waals surface area contributed by atoms with Gasteiger partial charge in [-0.15, -0.1) is 0 Å². The Hall–Kier alpha value is -1.59. The predicted molar refractivity (Wildman–Crippen MR) is 84.5 cm³/mol. The molecule has 1 saturated heterocycles. The van der Waals surface area contributed by atoms with Crippen molar-refractivity contribution in [2.24, 2.45) is 7.05 Å². The first-order chi connectivity index (χ1) is 10.7. The summed E-state index contributed by atoms with van der Waals surface area (Å²) >= 11 is 0. The van der Waals surface area contributed by atoms with Gasteiger partial charge in [-0.2, -0.15) is 0 Å². The van der Waals surface area contributed by atoms with E-state index in [0.29, 0.717) is 12.1 Å². The zero-order valence-electron chi connectivity index (χ0n) is 13.4. The molecule has 1 aliphatic rings. The van der Waals surface area contributed by atoms with Crippen LogP contribution in [0.5, 0.6) is 0 Å². The molecule has 2 aromatic heterocycles. The molecule has 3 atom stereocenters. The minimum atomic E-state index is 0.0415. The molecule has 1 aliphatic heterocycles. The van der Waals surface area contributed by atoms with Gasteiger partial charge in [-0.25, -0.2) is 4.98 Å². The Morgan fingerprint density at radius 2 is 2.41 bits per heavy atom. The van der Waals surface area contributed by atoms with Crippen molar-refractivity contribution >= 4 is 0 Å². The smallest absolute Gasteiger partial charge is 0.139 e. The van der Waals surface area contributed by atoms with E-state index in [4.69, 9.17) is 9.15 Å². The normalized spacial score (nSPS) is 23.5. The Bertz CT molecular complexity index is 564. The molecule has 120 valence electrons. The average Bonchev–Trinajstić information content (AvgIpc) is 3.17. The average molecular weight is 303 g/mol. The number of aryl methyl sites for hydroxylation is 2. The van der Waals surface area contributed by atoms with Crippen LogP contribution in [0, 0.1) is 0 Å². The number of rotatable bonds is 6. The molecular formula is C17H25N3O2. The van der Waals surface area contributed by atoms with Crippen LogP contribution >= 0.6 is 0 Å². The highest BCUT2D eigenvalue weighted by Gasteiger charge is 2.30. The maximum atomic E-state index is 6.00. The quantitative estimate of drug-likeness (QED) is 0.891. The Morgan fingerprint density at radius 1 is 1.50 bits per heavy atom. The summed E-state index contributed by atoms with van der Waals surface area (Å²) in [5.74, 6) is 2.06. The number of imidazole rings is 1. The van der Waals surface area contributed by atoms with Crippen LogP contribution in [0.3, 0.4) is 0 Å². The molecule has 0 spiro atoms. The molecule has 5 heteroatoms. The van der Waals surface area contributed by atoms with Crippen molar-refractivity contribution in [1.82, 2.24) is 14.9 Å². The van der Waals surface area contributed by atoms with Crippen molar-refractivity contribution in [3.63, 3.8) is 0 Å². The Kier molecular flexibility index (Phi) is 4.95. The molecule has 5 nitrogen and oxygen atoms in total. The lowest BCUT2D eigenvalue weighted by atomic mass is 9.99. The molecule has 22 heavy (non-hydrogen) atoms. The lowest BCUT2D eigenvalue weighted by molar-refractivity contribution is -0.0201. The maximum Gasteiger partial charge on any atom is 0.139 e. The van der Waals surface area contributed by atoms with Gasteiger partial charge >= 0.3 is 0 Å². The molecule has 0 bridgehead atoms. The second-order valence-electron chi connectivity index (χ2n) is 6.12. The zero-order valence-corrected chi connectivity index (χ0v) is 13.4. The molecule has 0 aliphatic carbocycles. The minimum Gasteiger partial charge on any atom is -0.469 e. The minimum absolute atomic E-state index is 0.0415. The van der Waals surface area contributed by atoms with E-state index < -0.39 is 0 Å². The molecule has 3 rings (SSSR count). The number of ether oxygens (including phenoxy) is 1. The SMILES string of the molecule is C[C@H](CCc1ccco1)N[C@H]1CCCO[C@@H]1c1nccn1C. The Labute approximate surface area is 131 Å². The molecule has 0 radical (unpaired) electrons. The van der Waals surface area contributed by atoms with Crippen LogP contribution in [0.1, 0.15) is 43.9 Å². The monoisotopic (exact) mass is 303 g/mol. The summed E-state index contributed by atoms with van der Waals surface area (Å²) in [5.41, 5.74) is 0. The summed E-state index contributed by atoms with van der Waals surface area (Å²) in [5, 5.41) is 3.73. The summed E-state index contributed by atoms with van der Waals surface area (Å²) in [6, 6.07) is 4.72. The third-order valence-corrected chi connectivity index (χ3v) is 4.34. The fourth-order valence-electron chi connectivity index (χ4n) is 3.12. The van der Waals surface area contributed by atoms with E-state index in [0.717, 1.165) is 43.9 Å². The van der Waals surface area contributed by atoms with Gasteiger partial charge in [-0.1, -0.05) is 0 Å². The molecule has 0 unspecified atom stereocenters. The third kappa shape index (κ3) is 3.59. The molecule has 3 heterocycles. The van der Waals surface area contributed by atoms with Gasteiger partial charge in [0.15, 0.2) is 0 Å². The molecule has 1 N–H and O–H groups in total. The molecule has 0 amide bonds. The first kappa shape index (κ1) is 15.3. The second kappa shape index (κ2) is 7.11. The van der Waals surface area contributed by atoms with Crippen LogP contribution in [0.25, 0.3) is 0 Å². The van der Waals surface area contributed by atoms with Crippen LogP contribution in [0.2, 0.25) is 0 Å². The topological polar surface area (TPSA) is 52.2 Å². The highest BCUT2D eigenvalue weighted by Crippen LogP contribution is 2.27. The molecular weight excluding hydrogens is 278 g/mol. The van der Waals surface area contributed by atoms with E-state index in [1.807, 2.05) is 31.6 Å². The van der Waals surface area contributed by atoms with Gasteiger partial charge in [0.2, 0.25) is 0 Å². The van der Waals surface area contributed by atoms with Crippen LogP contribution in [0.4, 0.5) is 0 Å². The fraction of sp³-hybridized carbons (Fsp3) is 0.588. The Morgan fingerprint density at radius 3 is 3.14 bits per heavy atom. The number of furan rings is 1. The highest BCUT2D eigenvalue weighted by atomic mass is 16.5. The lowest BCUT2D eigenvalue weighted by Crippen LogP contribution is -2.44. The van der Waals surface area contributed by atoms with Crippen molar-refractivity contribution in [2.45, 2.75) is 50.8 Å². The van der Waals surface area contributed by atoms with Crippen LogP contribution in [-0.2, 0) is 18.2 Å². The molecule has 0 saturated carbocycles. The lowest BCUT2D eigenvalue weighted by Gasteiger charge is -2.34. The van der Waals surface area contributed by atoms with Gasteiger partial charge in [-0.05, 0) is 38.3 Å². The van der Waals surface area contributed by atoms with Gasteiger partial charge in [0.25, 0.3) is 0 Å². The van der Waals surface area contributed by atoms with Gasteiger partial charge in [0, 0.05) is 44.6 Å². The number of hydrogen-bond acceptors (Lipinski definition) is 4. The first-order valence-corrected chi connectivity index (χ1v) is 8.11. The number of nitrogens with one attached hydrogen (secondary N) is 1. The van der Waals surface area contributed by atoms with E-state index in [1.54, 1.807) is 6.26 Å². The van der Waals surface area contributed by atoms with Gasteiger partial charge in [0.1, 0.15) is 17.7 Å². The fourth-order valence-corrected chi connectivity index (χ4v) is 3.12. The molecule has 2 aromatic rings. The maximum absolute atomic E-state index is 6.00. The standard InChI is InChI=1S/C17H25N3O2/c1-13(7-8-14-5-3-11-21-14)19-15-6-4-12-22-16(15)17-18-9-10-20(17)2/h3,5,9-11,13,15-16,19H,4,6-8,12H2,1-2H3/t13-,15+,16+/m1/s1. The number of aromatic nitrogens is 2. The number of hydrogen-bond donors (Lipinski definition) is 1. The van der Waals surface area contributed by atoms with E-state index in [9.17, 15) is 0 Å². The highest BCUT2D eigenvalue weighted by molar-refractivity contribution is 5.03. The summed E-state index contributed by atoms with van der Waals surface area (Å²) in [7, 11) is 2.03. The van der Waals surface area contributed by atoms with Crippen molar-refractivity contribution in [3.05, 3.63) is 42.4 Å². The summed E-state index contributed by atoms with van der Waals surface area (Å²) < 4.78 is 13.5. The van der Waals surface area contributed by atoms with Crippen molar-refractivity contribution in [3.8, 4) is 0 Å². The van der Waals surface area contributed by atoms with E-state index in [2.05, 4.69) is 21.8 Å². The van der Waals surface area contributed by atoms with Gasteiger partial charge in [0.05, 0.1) is 6.26 Å². The third-order valence-electron chi connectivity index (χ3n) is 4.34. The first-order valence-electron chi connectivity index (χ1n) is 8.11. The van der Waals surface area contributed by atoms with E-state index >= 15 is 0 Å². The van der Waals surface area contributed by atoms with Crippen LogP contribution < -0.4 is 5.32 Å². The second-order valence-corrected chi connectivity index (χ2v) is 6.12. The van der Waals surface area contributed by atoms with Crippen molar-refractivity contribution in [1.29, 1.82) is 0 Å². The number of nitrogens with zero attached hydrogens (tertiary/aromatic N) is 2. The predicted octanol–water partition coefficient (Wildman–Crippen LogP) is 2.84. The Balaban J connectivity index is 1.58. The zero-order chi connectivity index (χ0) is 15.4. The molecule has 0 aromatic carbocycles. The van der Waals surface area contributed by atoms with Crippen LogP contribution in [-0.4, -0.2) is 28.2 Å². The van der Waals surface area contributed by atoms with E-state index in [-0.39, 0.29) is 6.10 Å². The summed E-state index contributed by atoms with van der Waals surface area (Å²) in [6.45, 7) is 3.05. The van der Waals surface area contributed by atoms with E-state index in [1.165, 1.54) is 0 Å². The largest absolute Gasteiger partial charge is 0.469 e. The van der Waals surface area contributed by atoms with Crippen molar-refractivity contribution in [2.75, 3.05) is 6.61 Å². The summed E-state index contributed by atoms with van der Waals surface area (Å²) in [6.07, 6.45) is 9.83.